The van der Waals surface area contributed by atoms with Crippen molar-refractivity contribution in [2.45, 2.75) is 6.54 Å². The van der Waals surface area contributed by atoms with Crippen LogP contribution in [0.25, 0.3) is 10.2 Å². The minimum Gasteiger partial charge on any atom is -0.339 e. The minimum atomic E-state index is 0.149. The van der Waals surface area contributed by atoms with Gasteiger partial charge in [-0.15, -0.1) is 11.3 Å². The van der Waals surface area contributed by atoms with Crippen molar-refractivity contribution >= 4 is 50.7 Å². The van der Waals surface area contributed by atoms with E-state index in [-0.39, 0.29) is 5.28 Å². The summed E-state index contributed by atoms with van der Waals surface area (Å²) in [6.45, 7) is 0.674. The summed E-state index contributed by atoms with van der Waals surface area (Å²) < 4.78 is 1.09. The molecule has 0 fully saturated rings. The van der Waals surface area contributed by atoms with Crippen LogP contribution in [0.4, 0.5) is 17.6 Å². The molecule has 130 valence electrons. The lowest BCUT2D eigenvalue weighted by molar-refractivity contribution is 0.855. The smallest absolute Gasteiger partial charge is 0.233 e. The molecule has 0 amide bonds. The summed E-state index contributed by atoms with van der Waals surface area (Å²) >= 11 is 7.69. The highest BCUT2D eigenvalue weighted by molar-refractivity contribution is 7.16. The second-order valence-corrected chi connectivity index (χ2v) is 6.95. The average molecular weight is 383 g/mol. The number of thiazole rings is 1. The molecule has 0 bridgehead atoms. The van der Waals surface area contributed by atoms with Crippen LogP contribution < -0.4 is 10.2 Å². The van der Waals surface area contributed by atoms with Gasteiger partial charge in [0.05, 0.1) is 15.7 Å². The molecule has 0 aliphatic heterocycles. The quantitative estimate of drug-likeness (QED) is 0.547. The fourth-order valence-corrected chi connectivity index (χ4v) is 3.43. The second-order valence-electron chi connectivity index (χ2n) is 5.73. The topological polar surface area (TPSA) is 66.8 Å². The third-order valence-corrected chi connectivity index (χ3v) is 4.75. The van der Waals surface area contributed by atoms with Crippen molar-refractivity contribution in [3.8, 4) is 0 Å². The second kappa shape index (κ2) is 7.23. The Morgan fingerprint density at radius 1 is 1.08 bits per heavy atom. The molecule has 0 saturated heterocycles. The average Bonchev–Trinajstić information content (AvgIpc) is 3.10. The standard InChI is InChI=1S/C18H15ClN6S/c1-25(10-12-5-3-2-4-6-12)18-23-16(19)22-17(24-18)21-13-7-8-14-15(9-13)26-11-20-14/h2-9,11H,10H2,1H3,(H,21,22,23,24). The number of hydrogen-bond donors (Lipinski definition) is 1. The van der Waals surface area contributed by atoms with Crippen molar-refractivity contribution in [2.24, 2.45) is 0 Å². The maximum absolute atomic E-state index is 6.10. The lowest BCUT2D eigenvalue weighted by atomic mass is 10.2. The van der Waals surface area contributed by atoms with E-state index in [1.165, 1.54) is 0 Å². The van der Waals surface area contributed by atoms with Crippen molar-refractivity contribution in [1.29, 1.82) is 0 Å². The van der Waals surface area contributed by atoms with Crippen LogP contribution in [-0.2, 0) is 6.54 Å². The fraction of sp³-hybridized carbons (Fsp3) is 0.111. The molecule has 0 radical (unpaired) electrons. The molecule has 0 aliphatic carbocycles. The van der Waals surface area contributed by atoms with Gasteiger partial charge in [-0.2, -0.15) is 15.0 Å². The Morgan fingerprint density at radius 2 is 1.92 bits per heavy atom. The van der Waals surface area contributed by atoms with E-state index in [0.29, 0.717) is 18.4 Å². The Morgan fingerprint density at radius 3 is 2.77 bits per heavy atom. The normalized spacial score (nSPS) is 10.8. The summed E-state index contributed by atoms with van der Waals surface area (Å²) in [6.07, 6.45) is 0. The first-order valence-corrected chi connectivity index (χ1v) is 9.20. The highest BCUT2D eigenvalue weighted by atomic mass is 35.5. The molecule has 6 nitrogen and oxygen atoms in total. The van der Waals surface area contributed by atoms with E-state index in [4.69, 9.17) is 11.6 Å². The SMILES string of the molecule is CN(Cc1ccccc1)c1nc(Cl)nc(Nc2ccc3ncsc3c2)n1. The molecule has 1 N–H and O–H groups in total. The molecule has 26 heavy (non-hydrogen) atoms. The monoisotopic (exact) mass is 382 g/mol. The van der Waals surface area contributed by atoms with Gasteiger partial charge in [-0.3, -0.25) is 0 Å². The zero-order valence-electron chi connectivity index (χ0n) is 13.9. The van der Waals surface area contributed by atoms with Gasteiger partial charge in [-0.1, -0.05) is 30.3 Å². The van der Waals surface area contributed by atoms with Crippen molar-refractivity contribution in [3.05, 3.63) is 64.9 Å². The number of halogens is 1. The summed E-state index contributed by atoms with van der Waals surface area (Å²) in [6, 6.07) is 16.0. The van der Waals surface area contributed by atoms with Gasteiger partial charge in [0.25, 0.3) is 0 Å². The van der Waals surface area contributed by atoms with Gasteiger partial charge in [0, 0.05) is 19.3 Å². The zero-order chi connectivity index (χ0) is 17.9. The van der Waals surface area contributed by atoms with E-state index in [1.54, 1.807) is 11.3 Å². The summed E-state index contributed by atoms with van der Waals surface area (Å²) in [4.78, 5) is 19.1. The van der Waals surface area contributed by atoms with Gasteiger partial charge in [-0.25, -0.2) is 4.98 Å². The molecular formula is C18H15ClN6S. The largest absolute Gasteiger partial charge is 0.339 e. The van der Waals surface area contributed by atoms with E-state index in [1.807, 2.05) is 53.9 Å². The first-order chi connectivity index (χ1) is 12.7. The summed E-state index contributed by atoms with van der Waals surface area (Å²) in [5, 5.41) is 3.34. The molecule has 2 heterocycles. The number of fused-ring (bicyclic) bond motifs is 1. The molecule has 0 unspecified atom stereocenters. The van der Waals surface area contributed by atoms with E-state index in [9.17, 15) is 0 Å². The van der Waals surface area contributed by atoms with Gasteiger partial charge < -0.3 is 10.2 Å². The Labute approximate surface area is 159 Å². The number of hydrogen-bond acceptors (Lipinski definition) is 7. The molecule has 0 spiro atoms. The minimum absolute atomic E-state index is 0.149. The van der Waals surface area contributed by atoms with Crippen LogP contribution in [0.15, 0.2) is 54.0 Å². The van der Waals surface area contributed by atoms with Gasteiger partial charge in [0.1, 0.15) is 0 Å². The Hall–Kier alpha value is -2.77. The summed E-state index contributed by atoms with van der Waals surface area (Å²) in [7, 11) is 1.92. The predicted octanol–water partition coefficient (Wildman–Crippen LogP) is 4.51. The van der Waals surface area contributed by atoms with Crippen molar-refractivity contribution in [3.63, 3.8) is 0 Å². The highest BCUT2D eigenvalue weighted by Gasteiger charge is 2.11. The van der Waals surface area contributed by atoms with Gasteiger partial charge in [-0.05, 0) is 35.4 Å². The Kier molecular flexibility index (Phi) is 4.64. The van der Waals surface area contributed by atoms with Crippen LogP contribution in [0, 0.1) is 0 Å². The van der Waals surface area contributed by atoms with Crippen LogP contribution >= 0.6 is 22.9 Å². The molecule has 4 aromatic rings. The molecule has 0 saturated carbocycles. The van der Waals surface area contributed by atoms with Crippen LogP contribution in [0.5, 0.6) is 0 Å². The molecule has 8 heteroatoms. The lowest BCUT2D eigenvalue weighted by Crippen LogP contribution is -2.20. The van der Waals surface area contributed by atoms with Gasteiger partial charge >= 0.3 is 0 Å². The molecule has 0 aliphatic rings. The molecule has 2 aromatic heterocycles. The van der Waals surface area contributed by atoms with E-state index < -0.39 is 0 Å². The maximum Gasteiger partial charge on any atom is 0.233 e. The van der Waals surface area contributed by atoms with E-state index in [0.717, 1.165) is 21.5 Å². The van der Waals surface area contributed by atoms with Crippen LogP contribution in [0.2, 0.25) is 5.28 Å². The lowest BCUT2D eigenvalue weighted by Gasteiger charge is -2.17. The van der Waals surface area contributed by atoms with Crippen molar-refractivity contribution in [2.75, 3.05) is 17.3 Å². The zero-order valence-corrected chi connectivity index (χ0v) is 15.5. The van der Waals surface area contributed by atoms with E-state index >= 15 is 0 Å². The third kappa shape index (κ3) is 3.74. The maximum atomic E-state index is 6.10. The fourth-order valence-electron chi connectivity index (χ4n) is 2.56. The Balaban J connectivity index is 1.57. The van der Waals surface area contributed by atoms with Crippen LogP contribution in [0.1, 0.15) is 5.56 Å². The number of anilines is 3. The van der Waals surface area contributed by atoms with Gasteiger partial charge in [0.2, 0.25) is 17.2 Å². The molecule has 2 aromatic carbocycles. The summed E-state index contributed by atoms with van der Waals surface area (Å²) in [5.41, 5.74) is 4.83. The van der Waals surface area contributed by atoms with Crippen molar-refractivity contribution in [1.82, 2.24) is 19.9 Å². The van der Waals surface area contributed by atoms with Crippen molar-refractivity contribution < 1.29 is 0 Å². The number of aromatic nitrogens is 4. The van der Waals surface area contributed by atoms with Crippen LogP contribution in [-0.4, -0.2) is 27.0 Å². The number of nitrogens with one attached hydrogen (secondary N) is 1. The van der Waals surface area contributed by atoms with Crippen LogP contribution in [0.3, 0.4) is 0 Å². The number of nitrogens with zero attached hydrogens (tertiary/aromatic N) is 5. The first-order valence-electron chi connectivity index (χ1n) is 7.94. The third-order valence-electron chi connectivity index (χ3n) is 3.79. The molecular weight excluding hydrogens is 368 g/mol. The first kappa shape index (κ1) is 16.7. The predicted molar refractivity (Wildman–Crippen MR) is 106 cm³/mol. The molecule has 0 atom stereocenters. The highest BCUT2D eigenvalue weighted by Crippen LogP contribution is 2.24. The Bertz CT molecular complexity index is 1040. The molecule has 4 rings (SSSR count). The van der Waals surface area contributed by atoms with Gasteiger partial charge in [0.15, 0.2) is 0 Å². The number of rotatable bonds is 5. The summed E-state index contributed by atoms with van der Waals surface area (Å²) in [5.74, 6) is 0.916. The van der Waals surface area contributed by atoms with E-state index in [2.05, 4.69) is 37.4 Å². The number of benzene rings is 2.